The third kappa shape index (κ3) is 4.87. The van der Waals surface area contributed by atoms with Crippen LogP contribution in [-0.2, 0) is 0 Å². The first-order valence-corrected chi connectivity index (χ1v) is 10.1. The molecule has 0 spiro atoms. The Bertz CT molecular complexity index is 1070. The van der Waals surface area contributed by atoms with Crippen LogP contribution >= 0.6 is 0 Å². The first kappa shape index (κ1) is 20.5. The van der Waals surface area contributed by atoms with E-state index in [0.717, 1.165) is 37.4 Å². The zero-order valence-electron chi connectivity index (χ0n) is 17.3. The van der Waals surface area contributed by atoms with Crippen LogP contribution < -0.4 is 11.1 Å². The molecule has 2 amide bonds. The number of aromatic nitrogens is 2. The molecule has 0 bridgehead atoms. The van der Waals surface area contributed by atoms with Crippen molar-refractivity contribution in [1.29, 1.82) is 0 Å². The summed E-state index contributed by atoms with van der Waals surface area (Å²) in [6.07, 6.45) is 3.28. The van der Waals surface area contributed by atoms with Crippen molar-refractivity contribution >= 4 is 23.3 Å². The first-order chi connectivity index (χ1) is 15.0. The van der Waals surface area contributed by atoms with Crippen molar-refractivity contribution in [2.75, 3.05) is 38.5 Å². The van der Waals surface area contributed by atoms with Gasteiger partial charge >= 0.3 is 0 Å². The Morgan fingerprint density at radius 2 is 1.55 bits per heavy atom. The summed E-state index contributed by atoms with van der Waals surface area (Å²) in [5.74, 6) is 0.165. The summed E-state index contributed by atoms with van der Waals surface area (Å²) in [5.41, 5.74) is 8.71. The number of piperazine rings is 1. The Balaban J connectivity index is 1.44. The molecule has 8 nitrogen and oxygen atoms in total. The Morgan fingerprint density at radius 3 is 2.19 bits per heavy atom. The molecule has 3 aromatic rings. The number of nitrogens with one attached hydrogen (secondary N) is 1. The smallest absolute Gasteiger partial charge is 0.253 e. The van der Waals surface area contributed by atoms with Crippen LogP contribution in [0.5, 0.6) is 0 Å². The number of amides is 2. The normalized spacial score (nSPS) is 14.3. The number of rotatable bonds is 5. The fourth-order valence-corrected chi connectivity index (χ4v) is 3.41. The average Bonchev–Trinajstić information content (AvgIpc) is 2.80. The number of carbonyl (C=O) groups excluding carboxylic acids is 2. The monoisotopic (exact) mass is 416 g/mol. The van der Waals surface area contributed by atoms with Gasteiger partial charge in [-0.3, -0.25) is 14.6 Å². The number of nitrogens with two attached hydrogens (primary N) is 1. The predicted octanol–water partition coefficient (Wildman–Crippen LogP) is 2.37. The average molecular weight is 416 g/mol. The number of anilines is 2. The Kier molecular flexibility index (Phi) is 5.90. The van der Waals surface area contributed by atoms with Gasteiger partial charge in [0, 0.05) is 48.6 Å². The number of hydrogen-bond donors (Lipinski definition) is 2. The fourth-order valence-electron chi connectivity index (χ4n) is 3.41. The minimum atomic E-state index is -0.470. The highest BCUT2D eigenvalue weighted by molar-refractivity contribution is 5.95. The van der Waals surface area contributed by atoms with Crippen LogP contribution in [0.3, 0.4) is 0 Å². The van der Waals surface area contributed by atoms with Crippen LogP contribution in [0.2, 0.25) is 0 Å². The fraction of sp³-hybridized carbons (Fsp3) is 0.217. The molecule has 4 rings (SSSR count). The molecule has 0 unspecified atom stereocenters. The maximum atomic E-state index is 12.7. The minimum Gasteiger partial charge on any atom is -0.366 e. The van der Waals surface area contributed by atoms with Crippen LogP contribution in [0.25, 0.3) is 11.3 Å². The van der Waals surface area contributed by atoms with E-state index in [0.29, 0.717) is 22.6 Å². The molecule has 0 radical (unpaired) electrons. The van der Waals surface area contributed by atoms with E-state index in [2.05, 4.69) is 27.2 Å². The van der Waals surface area contributed by atoms with Crippen LogP contribution in [-0.4, -0.2) is 64.8 Å². The summed E-state index contributed by atoms with van der Waals surface area (Å²) in [6, 6.07) is 14.3. The van der Waals surface area contributed by atoms with E-state index in [9.17, 15) is 9.59 Å². The van der Waals surface area contributed by atoms with E-state index in [1.807, 2.05) is 29.2 Å². The predicted molar refractivity (Wildman–Crippen MR) is 119 cm³/mol. The SMILES string of the molecule is CN1CCN(C(=O)c2ccc(Nc3cncc(-c4ccc(C(N)=O)cc4)n3)cc2)CC1. The lowest BCUT2D eigenvalue weighted by Gasteiger charge is -2.32. The van der Waals surface area contributed by atoms with Gasteiger partial charge in [-0.05, 0) is 43.4 Å². The Hall–Kier alpha value is -3.78. The minimum absolute atomic E-state index is 0.0563. The molecule has 158 valence electrons. The number of benzene rings is 2. The first-order valence-electron chi connectivity index (χ1n) is 10.1. The molecule has 0 saturated carbocycles. The molecule has 1 aliphatic heterocycles. The van der Waals surface area contributed by atoms with Crippen LogP contribution in [0, 0.1) is 0 Å². The van der Waals surface area contributed by atoms with Gasteiger partial charge in [0.1, 0.15) is 5.82 Å². The van der Waals surface area contributed by atoms with Gasteiger partial charge in [-0.15, -0.1) is 0 Å². The van der Waals surface area contributed by atoms with Crippen molar-refractivity contribution in [3.05, 3.63) is 72.1 Å². The molecule has 8 heteroatoms. The molecular formula is C23H24N6O2. The van der Waals surface area contributed by atoms with Crippen molar-refractivity contribution in [1.82, 2.24) is 19.8 Å². The highest BCUT2D eigenvalue weighted by Crippen LogP contribution is 2.21. The number of nitrogens with zero attached hydrogens (tertiary/aromatic N) is 4. The van der Waals surface area contributed by atoms with E-state index in [1.54, 1.807) is 36.7 Å². The van der Waals surface area contributed by atoms with Crippen LogP contribution in [0.1, 0.15) is 20.7 Å². The van der Waals surface area contributed by atoms with Gasteiger partial charge in [0.15, 0.2) is 0 Å². The van der Waals surface area contributed by atoms with Gasteiger partial charge in [-0.25, -0.2) is 4.98 Å². The quantitative estimate of drug-likeness (QED) is 0.662. The van der Waals surface area contributed by atoms with Crippen LogP contribution in [0.15, 0.2) is 60.9 Å². The molecule has 2 aromatic carbocycles. The van der Waals surface area contributed by atoms with Crippen molar-refractivity contribution in [3.63, 3.8) is 0 Å². The summed E-state index contributed by atoms with van der Waals surface area (Å²) in [4.78, 5) is 36.9. The molecule has 31 heavy (non-hydrogen) atoms. The third-order valence-corrected chi connectivity index (χ3v) is 5.29. The van der Waals surface area contributed by atoms with E-state index < -0.39 is 5.91 Å². The van der Waals surface area contributed by atoms with Crippen molar-refractivity contribution in [3.8, 4) is 11.3 Å². The molecule has 3 N–H and O–H groups in total. The topological polar surface area (TPSA) is 104 Å². The van der Waals surface area contributed by atoms with E-state index >= 15 is 0 Å². The molecule has 0 atom stereocenters. The zero-order chi connectivity index (χ0) is 21.8. The van der Waals surface area contributed by atoms with Gasteiger partial charge < -0.3 is 20.9 Å². The van der Waals surface area contributed by atoms with Crippen molar-refractivity contribution < 1.29 is 9.59 Å². The maximum Gasteiger partial charge on any atom is 0.253 e. The summed E-state index contributed by atoms with van der Waals surface area (Å²) < 4.78 is 0. The van der Waals surface area contributed by atoms with E-state index in [1.165, 1.54) is 0 Å². The van der Waals surface area contributed by atoms with Gasteiger partial charge in [0.05, 0.1) is 18.1 Å². The second-order valence-electron chi connectivity index (χ2n) is 7.53. The largest absolute Gasteiger partial charge is 0.366 e. The molecule has 2 heterocycles. The molecule has 0 aliphatic carbocycles. The highest BCUT2D eigenvalue weighted by Gasteiger charge is 2.20. The molecule has 1 aromatic heterocycles. The molecule has 1 aliphatic rings. The number of hydrogen-bond acceptors (Lipinski definition) is 6. The van der Waals surface area contributed by atoms with Gasteiger partial charge in [0.25, 0.3) is 5.91 Å². The molecule has 1 saturated heterocycles. The van der Waals surface area contributed by atoms with Gasteiger partial charge in [0.2, 0.25) is 5.91 Å². The number of carbonyl (C=O) groups is 2. The van der Waals surface area contributed by atoms with Crippen LogP contribution in [0.4, 0.5) is 11.5 Å². The standard InChI is InChI=1S/C23H24N6O2/c1-28-10-12-29(13-11-28)23(31)18-6-8-19(9-7-18)26-21-15-25-14-20(27-21)16-2-4-17(5-3-16)22(24)30/h2-9,14-15H,10-13H2,1H3,(H2,24,30)(H,26,27). The summed E-state index contributed by atoms with van der Waals surface area (Å²) in [7, 11) is 2.07. The summed E-state index contributed by atoms with van der Waals surface area (Å²) in [6.45, 7) is 3.29. The zero-order valence-corrected chi connectivity index (χ0v) is 17.3. The highest BCUT2D eigenvalue weighted by atomic mass is 16.2. The number of likely N-dealkylation sites (N-methyl/N-ethyl adjacent to an activating group) is 1. The lowest BCUT2D eigenvalue weighted by atomic mass is 10.1. The van der Waals surface area contributed by atoms with Crippen molar-refractivity contribution in [2.24, 2.45) is 5.73 Å². The van der Waals surface area contributed by atoms with E-state index in [4.69, 9.17) is 5.73 Å². The maximum absolute atomic E-state index is 12.7. The summed E-state index contributed by atoms with van der Waals surface area (Å²) in [5, 5.41) is 3.22. The molecule has 1 fully saturated rings. The summed E-state index contributed by atoms with van der Waals surface area (Å²) >= 11 is 0. The van der Waals surface area contributed by atoms with Gasteiger partial charge in [-0.2, -0.15) is 0 Å². The second kappa shape index (κ2) is 8.93. The van der Waals surface area contributed by atoms with E-state index in [-0.39, 0.29) is 5.91 Å². The lowest BCUT2D eigenvalue weighted by molar-refractivity contribution is 0.0664. The Morgan fingerprint density at radius 1 is 0.903 bits per heavy atom. The number of primary amides is 1. The Labute approximate surface area is 180 Å². The molecular weight excluding hydrogens is 392 g/mol. The third-order valence-electron chi connectivity index (χ3n) is 5.29. The lowest BCUT2D eigenvalue weighted by Crippen LogP contribution is -2.47. The second-order valence-corrected chi connectivity index (χ2v) is 7.53. The van der Waals surface area contributed by atoms with Gasteiger partial charge in [-0.1, -0.05) is 12.1 Å². The van der Waals surface area contributed by atoms with Crippen molar-refractivity contribution in [2.45, 2.75) is 0 Å².